The lowest BCUT2D eigenvalue weighted by atomic mass is 10.2. The van der Waals surface area contributed by atoms with E-state index in [1.807, 2.05) is 0 Å². The summed E-state index contributed by atoms with van der Waals surface area (Å²) in [5.74, 6) is -0.935. The molecule has 0 unspecified atom stereocenters. The van der Waals surface area contributed by atoms with Gasteiger partial charge >= 0.3 is 0 Å². The van der Waals surface area contributed by atoms with Gasteiger partial charge in [-0.25, -0.2) is 18.7 Å². The molecule has 0 aliphatic carbocycles. The minimum absolute atomic E-state index is 0.193. The van der Waals surface area contributed by atoms with Crippen LogP contribution < -0.4 is 0 Å². The highest BCUT2D eigenvalue weighted by molar-refractivity contribution is 5.67. The first-order valence-corrected chi connectivity index (χ1v) is 4.65. The summed E-state index contributed by atoms with van der Waals surface area (Å²) in [6.07, 6.45) is 6.04. The smallest absolute Gasteiger partial charge is 0.130 e. The second kappa shape index (κ2) is 4.61. The molecule has 1 aromatic heterocycles. The summed E-state index contributed by atoms with van der Waals surface area (Å²) in [4.78, 5) is 7.68. The van der Waals surface area contributed by atoms with E-state index >= 15 is 0 Å². The Morgan fingerprint density at radius 2 is 1.94 bits per heavy atom. The van der Waals surface area contributed by atoms with E-state index in [-0.39, 0.29) is 5.56 Å². The molecule has 0 amide bonds. The Balaban J connectivity index is 2.27. The van der Waals surface area contributed by atoms with Gasteiger partial charge in [0.2, 0.25) is 0 Å². The fourth-order valence-electron chi connectivity index (χ4n) is 1.22. The van der Waals surface area contributed by atoms with Crippen molar-refractivity contribution >= 4 is 12.2 Å². The van der Waals surface area contributed by atoms with Crippen molar-refractivity contribution in [2.75, 3.05) is 0 Å². The van der Waals surface area contributed by atoms with Crippen LogP contribution in [0.15, 0.2) is 36.8 Å². The number of halogens is 2. The number of aromatic nitrogens is 2. The van der Waals surface area contributed by atoms with Crippen molar-refractivity contribution in [1.82, 2.24) is 9.97 Å². The molecular formula is C12H8F2N2. The molecule has 4 heteroatoms. The van der Waals surface area contributed by atoms with Gasteiger partial charge in [0.15, 0.2) is 0 Å². The van der Waals surface area contributed by atoms with E-state index in [9.17, 15) is 8.78 Å². The summed E-state index contributed by atoms with van der Waals surface area (Å²) in [7, 11) is 0. The maximum Gasteiger partial charge on any atom is 0.130 e. The summed E-state index contributed by atoms with van der Waals surface area (Å²) in [6, 6.07) is 4.98. The fraction of sp³-hybridized carbons (Fsp3) is 0. The molecule has 1 heterocycles. The van der Waals surface area contributed by atoms with Gasteiger partial charge in [-0.05, 0) is 36.4 Å². The van der Waals surface area contributed by atoms with Crippen molar-refractivity contribution in [3.8, 4) is 0 Å². The van der Waals surface area contributed by atoms with Gasteiger partial charge in [0.05, 0.1) is 5.69 Å². The Hall–Kier alpha value is -2.10. The highest BCUT2D eigenvalue weighted by atomic mass is 19.1. The van der Waals surface area contributed by atoms with E-state index < -0.39 is 11.6 Å². The summed E-state index contributed by atoms with van der Waals surface area (Å²) in [5.41, 5.74) is 0.831. The van der Waals surface area contributed by atoms with Gasteiger partial charge in [-0.3, -0.25) is 0 Å². The first-order valence-electron chi connectivity index (χ1n) is 4.65. The molecule has 0 fully saturated rings. The van der Waals surface area contributed by atoms with Gasteiger partial charge in [-0.15, -0.1) is 0 Å². The number of hydrogen-bond acceptors (Lipinski definition) is 2. The minimum atomic E-state index is -0.469. The van der Waals surface area contributed by atoms with E-state index in [1.54, 1.807) is 18.3 Å². The second-order valence-electron chi connectivity index (χ2n) is 3.13. The molecule has 0 bridgehead atoms. The molecule has 0 radical (unpaired) electrons. The highest BCUT2D eigenvalue weighted by Gasteiger charge is 1.99. The number of rotatable bonds is 2. The lowest BCUT2D eigenvalue weighted by Crippen LogP contribution is -1.84. The minimum Gasteiger partial charge on any atom is -0.245 e. The molecule has 1 aromatic carbocycles. The average Bonchev–Trinajstić information content (AvgIpc) is 2.32. The van der Waals surface area contributed by atoms with Crippen LogP contribution in [-0.2, 0) is 0 Å². The van der Waals surface area contributed by atoms with E-state index in [0.29, 0.717) is 5.69 Å². The van der Waals surface area contributed by atoms with E-state index in [4.69, 9.17) is 0 Å². The van der Waals surface area contributed by atoms with Gasteiger partial charge in [0.1, 0.15) is 18.0 Å². The van der Waals surface area contributed by atoms with E-state index in [1.165, 1.54) is 12.4 Å². The zero-order chi connectivity index (χ0) is 11.4. The summed E-state index contributed by atoms with van der Waals surface area (Å²) < 4.78 is 26.1. The lowest BCUT2D eigenvalue weighted by Gasteiger charge is -1.96. The molecule has 2 nitrogen and oxygen atoms in total. The third-order valence-corrected chi connectivity index (χ3v) is 2.00. The highest BCUT2D eigenvalue weighted by Crippen LogP contribution is 2.12. The Labute approximate surface area is 91.3 Å². The number of benzene rings is 1. The monoisotopic (exact) mass is 218 g/mol. The van der Waals surface area contributed by atoms with Crippen LogP contribution in [0.3, 0.4) is 0 Å². The first-order chi connectivity index (χ1) is 7.75. The Bertz CT molecular complexity index is 510. The van der Waals surface area contributed by atoms with E-state index in [2.05, 4.69) is 9.97 Å². The second-order valence-corrected chi connectivity index (χ2v) is 3.13. The lowest BCUT2D eigenvalue weighted by molar-refractivity contribution is 0.598. The quantitative estimate of drug-likeness (QED) is 0.774. The molecule has 80 valence electrons. The molecule has 0 atom stereocenters. The standard InChI is InChI=1S/C12H8F2N2/c13-10-2-4-12(14)9(7-10)1-3-11-5-6-15-8-16-11/h1-8H. The van der Waals surface area contributed by atoms with Crippen LogP contribution in [0.1, 0.15) is 11.3 Å². The normalized spacial score (nSPS) is 10.9. The van der Waals surface area contributed by atoms with Crippen molar-refractivity contribution < 1.29 is 8.78 Å². The number of hydrogen-bond donors (Lipinski definition) is 0. The maximum absolute atomic E-state index is 13.2. The van der Waals surface area contributed by atoms with Gasteiger partial charge in [-0.1, -0.05) is 0 Å². The first kappa shape index (κ1) is 10.4. The SMILES string of the molecule is Fc1ccc(F)c(C=Cc2ccncn2)c1. The third kappa shape index (κ3) is 2.48. The van der Waals surface area contributed by atoms with Crippen molar-refractivity contribution in [3.63, 3.8) is 0 Å². The van der Waals surface area contributed by atoms with Crippen molar-refractivity contribution in [1.29, 1.82) is 0 Å². The topological polar surface area (TPSA) is 25.8 Å². The Morgan fingerprint density at radius 1 is 1.06 bits per heavy atom. The third-order valence-electron chi connectivity index (χ3n) is 2.00. The van der Waals surface area contributed by atoms with Gasteiger partial charge in [0, 0.05) is 11.8 Å². The predicted octanol–water partition coefficient (Wildman–Crippen LogP) is 2.93. The van der Waals surface area contributed by atoms with Crippen LogP contribution in [0.25, 0.3) is 12.2 Å². The molecule has 0 spiro atoms. The zero-order valence-corrected chi connectivity index (χ0v) is 8.27. The van der Waals surface area contributed by atoms with Crippen LogP contribution in [0.4, 0.5) is 8.78 Å². The van der Waals surface area contributed by atoms with E-state index in [0.717, 1.165) is 18.2 Å². The van der Waals surface area contributed by atoms with Crippen molar-refractivity contribution in [2.45, 2.75) is 0 Å². The summed E-state index contributed by atoms with van der Waals surface area (Å²) in [6.45, 7) is 0. The molecule has 0 aliphatic heterocycles. The van der Waals surface area contributed by atoms with Crippen LogP contribution in [0.2, 0.25) is 0 Å². The average molecular weight is 218 g/mol. The fourth-order valence-corrected chi connectivity index (χ4v) is 1.22. The maximum atomic E-state index is 13.2. The van der Waals surface area contributed by atoms with Crippen LogP contribution >= 0.6 is 0 Å². The van der Waals surface area contributed by atoms with Gasteiger partial charge in [-0.2, -0.15) is 0 Å². The summed E-state index contributed by atoms with van der Waals surface area (Å²) >= 11 is 0. The zero-order valence-electron chi connectivity index (χ0n) is 8.27. The van der Waals surface area contributed by atoms with Crippen LogP contribution in [-0.4, -0.2) is 9.97 Å². The predicted molar refractivity (Wildman–Crippen MR) is 57.3 cm³/mol. The Kier molecular flexibility index (Phi) is 3.00. The largest absolute Gasteiger partial charge is 0.245 e. The summed E-state index contributed by atoms with van der Waals surface area (Å²) in [5, 5.41) is 0. The molecule has 0 N–H and O–H groups in total. The van der Waals surface area contributed by atoms with Gasteiger partial charge < -0.3 is 0 Å². The van der Waals surface area contributed by atoms with Gasteiger partial charge in [0.25, 0.3) is 0 Å². The van der Waals surface area contributed by atoms with Crippen molar-refractivity contribution in [3.05, 3.63) is 59.7 Å². The molecule has 0 saturated carbocycles. The molecule has 2 rings (SSSR count). The van der Waals surface area contributed by atoms with Crippen LogP contribution in [0, 0.1) is 11.6 Å². The number of nitrogens with zero attached hydrogens (tertiary/aromatic N) is 2. The molecular weight excluding hydrogens is 210 g/mol. The molecule has 0 saturated heterocycles. The Morgan fingerprint density at radius 3 is 2.69 bits per heavy atom. The molecule has 16 heavy (non-hydrogen) atoms. The van der Waals surface area contributed by atoms with Crippen LogP contribution in [0.5, 0.6) is 0 Å². The molecule has 0 aliphatic rings. The van der Waals surface area contributed by atoms with Crippen molar-refractivity contribution in [2.24, 2.45) is 0 Å². The molecule has 2 aromatic rings.